The van der Waals surface area contributed by atoms with Crippen molar-refractivity contribution in [2.24, 2.45) is 5.73 Å². The first-order valence-electron chi connectivity index (χ1n) is 6.93. The van der Waals surface area contributed by atoms with Crippen molar-refractivity contribution in [2.45, 2.75) is 50.2 Å². The normalized spacial score (nSPS) is 28.8. The van der Waals surface area contributed by atoms with Crippen molar-refractivity contribution in [3.63, 3.8) is 0 Å². The third-order valence-electron chi connectivity index (χ3n) is 4.21. The maximum atomic E-state index is 12.3. The van der Waals surface area contributed by atoms with Crippen LogP contribution in [0.3, 0.4) is 0 Å². The Bertz CT molecular complexity index is 523. The quantitative estimate of drug-likeness (QED) is 0.867. The molecule has 0 aliphatic carbocycles. The van der Waals surface area contributed by atoms with Gasteiger partial charge in [-0.15, -0.1) is 13.2 Å². The zero-order chi connectivity index (χ0) is 15.2. The second-order valence-corrected chi connectivity index (χ2v) is 6.54. The number of alkyl halides is 3. The van der Waals surface area contributed by atoms with E-state index in [2.05, 4.69) is 25.6 Å². The summed E-state index contributed by atoms with van der Waals surface area (Å²) < 4.78 is 41.1. The number of rotatable bonds is 2. The topological polar surface area (TPSA) is 38.5 Å². The molecule has 116 valence electrons. The average Bonchev–Trinajstić information content (AvgIpc) is 2.63. The summed E-state index contributed by atoms with van der Waals surface area (Å²) in [5.41, 5.74) is 6.97. The highest BCUT2D eigenvalue weighted by atomic mass is 79.9. The first kappa shape index (κ1) is 15.0. The number of halogens is 4. The van der Waals surface area contributed by atoms with Gasteiger partial charge in [0.15, 0.2) is 0 Å². The SMILES string of the molecule is NC1CC2CCC(C1)N2c1ccc(OC(F)(F)F)c(Br)c1. The Balaban J connectivity index is 1.83. The number of benzene rings is 1. The number of hydrogen-bond donors (Lipinski definition) is 1. The number of nitrogens with zero attached hydrogens (tertiary/aromatic N) is 1. The van der Waals surface area contributed by atoms with Crippen LogP contribution < -0.4 is 15.4 Å². The first-order valence-corrected chi connectivity index (χ1v) is 7.72. The molecule has 1 aromatic carbocycles. The Morgan fingerprint density at radius 2 is 1.81 bits per heavy atom. The van der Waals surface area contributed by atoms with Crippen molar-refractivity contribution in [3.05, 3.63) is 22.7 Å². The number of piperidine rings is 1. The van der Waals surface area contributed by atoms with Gasteiger partial charge in [0, 0.05) is 23.8 Å². The summed E-state index contributed by atoms with van der Waals surface area (Å²) in [5, 5.41) is 0. The molecule has 2 bridgehead atoms. The second kappa shape index (κ2) is 5.35. The fourth-order valence-corrected chi connectivity index (χ4v) is 3.95. The third-order valence-corrected chi connectivity index (χ3v) is 4.83. The molecule has 2 atom stereocenters. The predicted octanol–water partition coefficient (Wildman–Crippen LogP) is 3.81. The van der Waals surface area contributed by atoms with Gasteiger partial charge in [-0.05, 0) is 59.8 Å². The van der Waals surface area contributed by atoms with Crippen LogP contribution in [0.25, 0.3) is 0 Å². The smallest absolute Gasteiger partial charge is 0.405 e. The number of ether oxygens (including phenoxy) is 1. The molecule has 0 amide bonds. The molecule has 21 heavy (non-hydrogen) atoms. The Kier molecular flexibility index (Phi) is 3.81. The zero-order valence-electron chi connectivity index (χ0n) is 11.2. The average molecular weight is 365 g/mol. The maximum Gasteiger partial charge on any atom is 0.573 e. The minimum Gasteiger partial charge on any atom is -0.405 e. The highest BCUT2D eigenvalue weighted by Gasteiger charge is 2.40. The molecule has 3 nitrogen and oxygen atoms in total. The molecule has 2 aliphatic rings. The van der Waals surface area contributed by atoms with Crippen LogP contribution in [0.5, 0.6) is 5.75 Å². The fraction of sp³-hybridized carbons (Fsp3) is 0.571. The lowest BCUT2D eigenvalue weighted by Gasteiger charge is -2.39. The van der Waals surface area contributed by atoms with Crippen molar-refractivity contribution in [2.75, 3.05) is 4.90 Å². The molecule has 0 saturated carbocycles. The summed E-state index contributed by atoms with van der Waals surface area (Å²) in [6, 6.07) is 5.76. The van der Waals surface area contributed by atoms with E-state index in [-0.39, 0.29) is 11.8 Å². The standard InChI is InChI=1S/C14H16BrF3N2O/c15-12-7-11(3-4-13(12)21-14(16,17)18)20-9-1-2-10(20)6-8(19)5-9/h3-4,7-10H,1-2,5-6,19H2. The Morgan fingerprint density at radius 1 is 1.19 bits per heavy atom. The van der Waals surface area contributed by atoms with E-state index in [1.165, 1.54) is 6.07 Å². The molecule has 1 aromatic rings. The van der Waals surface area contributed by atoms with Gasteiger partial charge in [0.2, 0.25) is 0 Å². The maximum absolute atomic E-state index is 12.3. The summed E-state index contributed by atoms with van der Waals surface area (Å²) >= 11 is 3.16. The third kappa shape index (κ3) is 3.13. The van der Waals surface area contributed by atoms with Gasteiger partial charge < -0.3 is 15.4 Å². The summed E-state index contributed by atoms with van der Waals surface area (Å²) in [6.07, 6.45) is -0.613. The molecular formula is C14H16BrF3N2O. The molecule has 2 heterocycles. The molecule has 3 rings (SSSR count). The van der Waals surface area contributed by atoms with E-state index < -0.39 is 6.36 Å². The van der Waals surface area contributed by atoms with Gasteiger partial charge >= 0.3 is 6.36 Å². The van der Waals surface area contributed by atoms with Crippen molar-refractivity contribution >= 4 is 21.6 Å². The van der Waals surface area contributed by atoms with E-state index in [0.717, 1.165) is 31.4 Å². The molecule has 0 radical (unpaired) electrons. The van der Waals surface area contributed by atoms with Gasteiger partial charge in [0.05, 0.1) is 4.47 Å². The van der Waals surface area contributed by atoms with E-state index in [1.54, 1.807) is 12.1 Å². The van der Waals surface area contributed by atoms with E-state index in [0.29, 0.717) is 16.6 Å². The van der Waals surface area contributed by atoms with E-state index in [1.807, 2.05) is 0 Å². The van der Waals surface area contributed by atoms with Crippen LogP contribution in [0.15, 0.2) is 22.7 Å². The van der Waals surface area contributed by atoms with Crippen molar-refractivity contribution in [3.8, 4) is 5.75 Å². The van der Waals surface area contributed by atoms with Crippen LogP contribution in [-0.2, 0) is 0 Å². The van der Waals surface area contributed by atoms with Gasteiger partial charge in [0.1, 0.15) is 5.75 Å². The summed E-state index contributed by atoms with van der Waals surface area (Å²) in [4.78, 5) is 2.30. The van der Waals surface area contributed by atoms with Gasteiger partial charge in [-0.2, -0.15) is 0 Å². The Labute approximate surface area is 129 Å². The summed E-state index contributed by atoms with van der Waals surface area (Å²) in [7, 11) is 0. The highest BCUT2D eigenvalue weighted by Crippen LogP contribution is 2.41. The fourth-order valence-electron chi connectivity index (χ4n) is 3.50. The molecule has 7 heteroatoms. The molecule has 2 fully saturated rings. The number of anilines is 1. The van der Waals surface area contributed by atoms with Crippen molar-refractivity contribution in [1.29, 1.82) is 0 Å². The van der Waals surface area contributed by atoms with Crippen LogP contribution in [0.4, 0.5) is 18.9 Å². The summed E-state index contributed by atoms with van der Waals surface area (Å²) in [5.74, 6) is -0.215. The van der Waals surface area contributed by atoms with Crippen LogP contribution in [-0.4, -0.2) is 24.5 Å². The van der Waals surface area contributed by atoms with E-state index >= 15 is 0 Å². The predicted molar refractivity (Wildman–Crippen MR) is 77.3 cm³/mol. The van der Waals surface area contributed by atoms with E-state index in [4.69, 9.17) is 5.73 Å². The van der Waals surface area contributed by atoms with Crippen LogP contribution in [0.1, 0.15) is 25.7 Å². The molecular weight excluding hydrogens is 349 g/mol. The minimum atomic E-state index is -4.68. The van der Waals surface area contributed by atoms with E-state index in [9.17, 15) is 13.2 Å². The molecule has 0 spiro atoms. The lowest BCUT2D eigenvalue weighted by atomic mass is 9.97. The molecule has 2 N–H and O–H groups in total. The molecule has 0 aromatic heterocycles. The van der Waals surface area contributed by atoms with Crippen molar-refractivity contribution < 1.29 is 17.9 Å². The minimum absolute atomic E-state index is 0.215. The second-order valence-electron chi connectivity index (χ2n) is 5.69. The van der Waals surface area contributed by atoms with Crippen molar-refractivity contribution in [1.82, 2.24) is 0 Å². The number of hydrogen-bond acceptors (Lipinski definition) is 3. The highest BCUT2D eigenvalue weighted by molar-refractivity contribution is 9.10. The largest absolute Gasteiger partial charge is 0.573 e. The van der Waals surface area contributed by atoms with Gasteiger partial charge in [0.25, 0.3) is 0 Å². The monoisotopic (exact) mass is 364 g/mol. The number of nitrogens with two attached hydrogens (primary N) is 1. The first-order chi connectivity index (χ1) is 9.83. The van der Waals surface area contributed by atoms with Crippen LogP contribution >= 0.6 is 15.9 Å². The Hall–Kier alpha value is -0.950. The molecule has 2 saturated heterocycles. The number of fused-ring (bicyclic) bond motifs is 2. The Morgan fingerprint density at radius 3 is 2.33 bits per heavy atom. The summed E-state index contributed by atoms with van der Waals surface area (Å²) in [6.45, 7) is 0. The zero-order valence-corrected chi connectivity index (χ0v) is 12.8. The molecule has 2 aliphatic heterocycles. The van der Waals surface area contributed by atoms with Gasteiger partial charge in [-0.3, -0.25) is 0 Å². The molecule has 2 unspecified atom stereocenters. The van der Waals surface area contributed by atoms with Crippen LogP contribution in [0.2, 0.25) is 0 Å². The van der Waals surface area contributed by atoms with Gasteiger partial charge in [-0.1, -0.05) is 0 Å². The van der Waals surface area contributed by atoms with Crippen LogP contribution in [0, 0.1) is 0 Å². The lowest BCUT2D eigenvalue weighted by molar-refractivity contribution is -0.274. The van der Waals surface area contributed by atoms with Gasteiger partial charge in [-0.25, -0.2) is 0 Å². The lowest BCUT2D eigenvalue weighted by Crippen LogP contribution is -2.47.